The number of hydrazone groups is 1. The molecule has 0 saturated carbocycles. The van der Waals surface area contributed by atoms with E-state index in [2.05, 4.69) is 26.5 Å². The number of carbonyl (C=O) groups excluding carboxylic acids is 1. The van der Waals surface area contributed by atoms with Crippen LogP contribution >= 0.6 is 15.9 Å². The van der Waals surface area contributed by atoms with Crippen LogP contribution in [0, 0.1) is 0 Å². The molecule has 6 nitrogen and oxygen atoms in total. The fourth-order valence-corrected chi connectivity index (χ4v) is 2.10. The first-order valence-corrected chi connectivity index (χ1v) is 6.98. The van der Waals surface area contributed by atoms with Gasteiger partial charge >= 0.3 is 0 Å². The molecular formula is C14H11BrN2O4. The molecule has 0 fully saturated rings. The highest BCUT2D eigenvalue weighted by atomic mass is 79.9. The molecule has 7 heteroatoms. The van der Waals surface area contributed by atoms with Gasteiger partial charge in [-0.3, -0.25) is 4.79 Å². The first-order chi connectivity index (χ1) is 10.2. The number of carbonyl (C=O) groups is 1. The lowest BCUT2D eigenvalue weighted by Gasteiger charge is -2.24. The molecule has 1 atom stereocenters. The van der Waals surface area contributed by atoms with Crippen LogP contribution in [0.25, 0.3) is 0 Å². The van der Waals surface area contributed by atoms with Crippen molar-refractivity contribution in [3.63, 3.8) is 0 Å². The third-order valence-corrected chi connectivity index (χ3v) is 3.19. The molecule has 0 radical (unpaired) electrons. The van der Waals surface area contributed by atoms with Gasteiger partial charge in [0.1, 0.15) is 12.4 Å². The summed E-state index contributed by atoms with van der Waals surface area (Å²) in [6, 6.07) is 10.6. The highest BCUT2D eigenvalue weighted by molar-refractivity contribution is 9.10. The predicted molar refractivity (Wildman–Crippen MR) is 78.5 cm³/mol. The highest BCUT2D eigenvalue weighted by Crippen LogP contribution is 2.30. The topological polar surface area (TPSA) is 73.1 Å². The minimum Gasteiger partial charge on any atom is -0.485 e. The Hall–Kier alpha value is -2.28. The number of nitrogens with zero attached hydrogens (tertiary/aromatic N) is 1. The van der Waals surface area contributed by atoms with Crippen LogP contribution in [0.3, 0.4) is 0 Å². The summed E-state index contributed by atoms with van der Waals surface area (Å²) in [7, 11) is 0. The van der Waals surface area contributed by atoms with Gasteiger partial charge in [-0.1, -0.05) is 12.1 Å². The Balaban J connectivity index is 1.58. The van der Waals surface area contributed by atoms with Gasteiger partial charge in [-0.05, 0) is 40.2 Å². The molecule has 21 heavy (non-hydrogen) atoms. The number of nitrogens with one attached hydrogen (secondary N) is 1. The van der Waals surface area contributed by atoms with Crippen LogP contribution in [0.2, 0.25) is 0 Å². The van der Waals surface area contributed by atoms with Crippen molar-refractivity contribution >= 4 is 28.1 Å². The van der Waals surface area contributed by atoms with E-state index in [0.29, 0.717) is 21.9 Å². The maximum atomic E-state index is 11.9. The van der Waals surface area contributed by atoms with Crippen molar-refractivity contribution in [2.24, 2.45) is 5.10 Å². The van der Waals surface area contributed by atoms with Crippen LogP contribution in [0.5, 0.6) is 11.5 Å². The summed E-state index contributed by atoms with van der Waals surface area (Å²) in [6.45, 7) is 0.144. The largest absolute Gasteiger partial charge is 0.485 e. The Morgan fingerprint density at radius 3 is 2.86 bits per heavy atom. The Bertz CT molecular complexity index is 683. The number of ether oxygens (including phenoxy) is 2. The number of rotatable bonds is 3. The first kappa shape index (κ1) is 13.7. The molecule has 1 aromatic heterocycles. The number of halogens is 1. The van der Waals surface area contributed by atoms with Gasteiger partial charge in [-0.25, -0.2) is 5.43 Å². The normalized spacial score (nSPS) is 16.9. The van der Waals surface area contributed by atoms with Gasteiger partial charge < -0.3 is 13.9 Å². The van der Waals surface area contributed by atoms with Crippen molar-refractivity contribution in [3.05, 3.63) is 46.8 Å². The van der Waals surface area contributed by atoms with Crippen LogP contribution in [0.1, 0.15) is 5.76 Å². The van der Waals surface area contributed by atoms with Crippen LogP contribution in [0.4, 0.5) is 0 Å². The van der Waals surface area contributed by atoms with Crippen molar-refractivity contribution < 1.29 is 18.7 Å². The number of amides is 1. The second-order valence-electron chi connectivity index (χ2n) is 4.24. The number of hydrogen-bond donors (Lipinski definition) is 1. The summed E-state index contributed by atoms with van der Waals surface area (Å²) in [6.07, 6.45) is 0.667. The Labute approximate surface area is 128 Å². The number of benzene rings is 1. The lowest BCUT2D eigenvalue weighted by atomic mass is 10.2. The van der Waals surface area contributed by atoms with Gasteiger partial charge in [0, 0.05) is 0 Å². The molecule has 1 aliphatic heterocycles. The molecule has 3 rings (SSSR count). The molecule has 1 N–H and O–H groups in total. The average molecular weight is 351 g/mol. The van der Waals surface area contributed by atoms with Crippen LogP contribution in [-0.4, -0.2) is 24.8 Å². The van der Waals surface area contributed by atoms with Crippen molar-refractivity contribution in [1.82, 2.24) is 5.43 Å². The van der Waals surface area contributed by atoms with E-state index in [4.69, 9.17) is 13.9 Å². The van der Waals surface area contributed by atoms with Gasteiger partial charge in [0.2, 0.25) is 6.10 Å². The summed E-state index contributed by atoms with van der Waals surface area (Å²) < 4.78 is 16.8. The SMILES string of the molecule is O=C(N/N=C\c1ccc(Br)o1)[C@@H]1COc2ccccc2O1. The number of furan rings is 1. The minimum absolute atomic E-state index is 0.144. The van der Waals surface area contributed by atoms with Gasteiger partial charge in [-0.2, -0.15) is 5.10 Å². The van der Waals surface area contributed by atoms with E-state index in [9.17, 15) is 4.79 Å². The molecule has 2 heterocycles. The number of para-hydroxylation sites is 2. The molecule has 0 bridgehead atoms. The van der Waals surface area contributed by atoms with E-state index >= 15 is 0 Å². The fraction of sp³-hybridized carbons (Fsp3) is 0.143. The van der Waals surface area contributed by atoms with Gasteiger partial charge in [0.05, 0.1) is 6.21 Å². The summed E-state index contributed by atoms with van der Waals surface area (Å²) in [5, 5.41) is 3.81. The van der Waals surface area contributed by atoms with E-state index in [0.717, 1.165) is 0 Å². The van der Waals surface area contributed by atoms with E-state index in [1.807, 2.05) is 12.1 Å². The molecular weight excluding hydrogens is 340 g/mol. The molecule has 0 spiro atoms. The second kappa shape index (κ2) is 6.01. The average Bonchev–Trinajstić information content (AvgIpc) is 2.92. The van der Waals surface area contributed by atoms with Crippen molar-refractivity contribution in [2.75, 3.05) is 6.61 Å². The smallest absolute Gasteiger partial charge is 0.284 e. The van der Waals surface area contributed by atoms with Crippen molar-refractivity contribution in [2.45, 2.75) is 6.10 Å². The first-order valence-electron chi connectivity index (χ1n) is 6.19. The fourth-order valence-electron chi connectivity index (χ4n) is 1.78. The standard InChI is InChI=1S/C14H11BrN2O4/c15-13-6-5-9(20-13)7-16-17-14(18)12-8-19-10-3-1-2-4-11(10)21-12/h1-7,12H,8H2,(H,17,18)/b16-7-/t12-/m0/s1. The summed E-state index contributed by atoms with van der Waals surface area (Å²) in [5.74, 6) is 1.31. The maximum absolute atomic E-state index is 11.9. The highest BCUT2D eigenvalue weighted by Gasteiger charge is 2.26. The zero-order valence-electron chi connectivity index (χ0n) is 10.8. The third kappa shape index (κ3) is 3.25. The Kier molecular flexibility index (Phi) is 3.92. The van der Waals surface area contributed by atoms with E-state index in [1.54, 1.807) is 24.3 Å². The summed E-state index contributed by atoms with van der Waals surface area (Å²) in [5.41, 5.74) is 2.39. The van der Waals surface area contributed by atoms with Crippen LogP contribution in [-0.2, 0) is 4.79 Å². The minimum atomic E-state index is -0.736. The monoisotopic (exact) mass is 350 g/mol. The number of hydrogen-bond acceptors (Lipinski definition) is 5. The lowest BCUT2D eigenvalue weighted by Crippen LogP contribution is -2.42. The predicted octanol–water partition coefficient (Wildman–Crippen LogP) is 2.33. The molecule has 108 valence electrons. The Morgan fingerprint density at radius 1 is 1.29 bits per heavy atom. The second-order valence-corrected chi connectivity index (χ2v) is 5.02. The lowest BCUT2D eigenvalue weighted by molar-refractivity contribution is -0.130. The van der Waals surface area contributed by atoms with E-state index in [-0.39, 0.29) is 12.5 Å². The zero-order chi connectivity index (χ0) is 14.7. The molecule has 1 aromatic carbocycles. The Morgan fingerprint density at radius 2 is 2.10 bits per heavy atom. The van der Waals surface area contributed by atoms with Crippen molar-refractivity contribution in [3.8, 4) is 11.5 Å². The molecule has 0 aliphatic carbocycles. The third-order valence-electron chi connectivity index (χ3n) is 2.76. The van der Waals surface area contributed by atoms with Gasteiger partial charge in [0.15, 0.2) is 16.2 Å². The molecule has 2 aromatic rings. The van der Waals surface area contributed by atoms with Crippen LogP contribution in [0.15, 0.2) is 50.6 Å². The number of fused-ring (bicyclic) bond motifs is 1. The molecule has 0 saturated heterocycles. The summed E-state index contributed by atoms with van der Waals surface area (Å²) >= 11 is 3.18. The summed E-state index contributed by atoms with van der Waals surface area (Å²) in [4.78, 5) is 11.9. The van der Waals surface area contributed by atoms with E-state index in [1.165, 1.54) is 6.21 Å². The molecule has 1 aliphatic rings. The quantitative estimate of drug-likeness (QED) is 0.681. The zero-order valence-corrected chi connectivity index (χ0v) is 12.4. The molecule has 0 unspecified atom stereocenters. The van der Waals surface area contributed by atoms with E-state index < -0.39 is 6.10 Å². The van der Waals surface area contributed by atoms with Crippen LogP contribution < -0.4 is 14.9 Å². The van der Waals surface area contributed by atoms with Crippen molar-refractivity contribution in [1.29, 1.82) is 0 Å². The van der Waals surface area contributed by atoms with Gasteiger partial charge in [0.25, 0.3) is 5.91 Å². The maximum Gasteiger partial charge on any atom is 0.284 e. The van der Waals surface area contributed by atoms with Gasteiger partial charge in [-0.15, -0.1) is 0 Å². The molecule has 1 amide bonds.